The SMILES string of the molecule is O=C1N[C]C2C(=O)C(=O)C=CC2N1. The van der Waals surface area contributed by atoms with E-state index in [4.69, 9.17) is 0 Å². The Morgan fingerprint density at radius 1 is 1.31 bits per heavy atom. The number of urea groups is 1. The molecule has 1 saturated heterocycles. The molecule has 13 heavy (non-hydrogen) atoms. The third-order valence-corrected chi connectivity index (χ3v) is 1.98. The van der Waals surface area contributed by atoms with Crippen molar-refractivity contribution in [2.45, 2.75) is 6.04 Å². The summed E-state index contributed by atoms with van der Waals surface area (Å²) in [4.78, 5) is 32.9. The summed E-state index contributed by atoms with van der Waals surface area (Å²) in [5.74, 6) is -1.78. The summed E-state index contributed by atoms with van der Waals surface area (Å²) in [7, 11) is 0. The van der Waals surface area contributed by atoms with E-state index >= 15 is 0 Å². The lowest BCUT2D eigenvalue weighted by molar-refractivity contribution is -0.136. The lowest BCUT2D eigenvalue weighted by atomic mass is 9.86. The van der Waals surface area contributed by atoms with Crippen molar-refractivity contribution in [1.82, 2.24) is 10.6 Å². The minimum absolute atomic E-state index is 0.409. The number of amides is 2. The van der Waals surface area contributed by atoms with Gasteiger partial charge in [-0.1, -0.05) is 6.08 Å². The van der Waals surface area contributed by atoms with Crippen molar-refractivity contribution in [2.24, 2.45) is 5.92 Å². The Labute approximate surface area is 74.2 Å². The fraction of sp³-hybridized carbons (Fsp3) is 0.250. The molecule has 66 valence electrons. The van der Waals surface area contributed by atoms with E-state index < -0.39 is 29.6 Å². The zero-order valence-electron chi connectivity index (χ0n) is 6.53. The van der Waals surface area contributed by atoms with Crippen LogP contribution in [-0.2, 0) is 9.59 Å². The predicted molar refractivity (Wildman–Crippen MR) is 41.3 cm³/mol. The van der Waals surface area contributed by atoms with Gasteiger partial charge in [0.25, 0.3) is 0 Å². The lowest BCUT2D eigenvalue weighted by Crippen LogP contribution is -2.56. The topological polar surface area (TPSA) is 75.3 Å². The van der Waals surface area contributed by atoms with E-state index in [2.05, 4.69) is 17.2 Å². The first-order valence-corrected chi connectivity index (χ1v) is 3.77. The molecule has 2 N–H and O–H groups in total. The molecule has 5 nitrogen and oxygen atoms in total. The Balaban J connectivity index is 2.26. The first kappa shape index (κ1) is 7.97. The van der Waals surface area contributed by atoms with Gasteiger partial charge in [0, 0.05) is 0 Å². The summed E-state index contributed by atoms with van der Waals surface area (Å²) in [6, 6.07) is -0.841. The molecule has 2 aliphatic rings. The molecule has 2 radical (unpaired) electrons. The Morgan fingerprint density at radius 3 is 2.85 bits per heavy atom. The van der Waals surface area contributed by atoms with E-state index in [9.17, 15) is 14.4 Å². The minimum atomic E-state index is -0.685. The minimum Gasteiger partial charge on any atom is -0.331 e. The molecule has 1 aliphatic carbocycles. The first-order chi connectivity index (χ1) is 6.18. The van der Waals surface area contributed by atoms with Crippen LogP contribution in [0.15, 0.2) is 12.2 Å². The second kappa shape index (κ2) is 2.69. The average molecular weight is 178 g/mol. The normalized spacial score (nSPS) is 32.2. The molecule has 0 spiro atoms. The Morgan fingerprint density at radius 2 is 2.08 bits per heavy atom. The Kier molecular flexibility index (Phi) is 1.65. The standard InChI is InChI=1S/C8H6N2O3/c11-6-2-1-5-4(7(6)12)3-9-8(13)10-5/h1-2,4-5H,(H2,9,10,13). The maximum atomic E-state index is 11.2. The highest BCUT2D eigenvalue weighted by Crippen LogP contribution is 2.17. The number of Topliss-reactive ketones (excluding diaryl/α,β-unsaturated/α-hetero) is 1. The van der Waals surface area contributed by atoms with Crippen LogP contribution in [0.1, 0.15) is 0 Å². The molecule has 2 unspecified atom stereocenters. The van der Waals surface area contributed by atoms with Crippen molar-refractivity contribution in [3.63, 3.8) is 0 Å². The number of fused-ring (bicyclic) bond motifs is 1. The van der Waals surface area contributed by atoms with Crippen LogP contribution in [0.25, 0.3) is 0 Å². The predicted octanol–water partition coefficient (Wildman–Crippen LogP) is -0.969. The molecule has 1 aliphatic heterocycles. The number of ketones is 2. The van der Waals surface area contributed by atoms with Gasteiger partial charge in [0.2, 0.25) is 11.6 Å². The number of carbonyl (C=O) groups is 3. The fourth-order valence-electron chi connectivity index (χ4n) is 1.32. The van der Waals surface area contributed by atoms with Crippen LogP contribution in [0.4, 0.5) is 4.79 Å². The van der Waals surface area contributed by atoms with Gasteiger partial charge in [-0.2, -0.15) is 0 Å². The van der Waals surface area contributed by atoms with Gasteiger partial charge < -0.3 is 10.6 Å². The maximum Gasteiger partial charge on any atom is 0.315 e. The Bertz CT molecular complexity index is 321. The average Bonchev–Trinajstić information content (AvgIpc) is 2.12. The molecule has 0 bridgehead atoms. The smallest absolute Gasteiger partial charge is 0.315 e. The van der Waals surface area contributed by atoms with E-state index in [0.29, 0.717) is 0 Å². The highest BCUT2D eigenvalue weighted by molar-refractivity contribution is 6.43. The lowest BCUT2D eigenvalue weighted by Gasteiger charge is -2.30. The molecule has 0 aromatic heterocycles. The van der Waals surface area contributed by atoms with Gasteiger partial charge in [0.05, 0.1) is 12.0 Å². The summed E-state index contributed by atoms with van der Waals surface area (Å²) in [6.45, 7) is 2.47. The van der Waals surface area contributed by atoms with Crippen LogP contribution in [0.2, 0.25) is 0 Å². The number of hydrogen-bond donors (Lipinski definition) is 2. The number of hydrogen-bond acceptors (Lipinski definition) is 3. The highest BCUT2D eigenvalue weighted by Gasteiger charge is 2.38. The second-order valence-electron chi connectivity index (χ2n) is 2.83. The molecule has 1 heterocycles. The van der Waals surface area contributed by atoms with Crippen LogP contribution in [0, 0.1) is 12.5 Å². The summed E-state index contributed by atoms with van der Waals surface area (Å²) < 4.78 is 0. The van der Waals surface area contributed by atoms with E-state index in [1.54, 1.807) is 0 Å². The molecule has 0 saturated carbocycles. The molecule has 0 aromatic carbocycles. The number of rotatable bonds is 0. The molecule has 0 aromatic rings. The third kappa shape index (κ3) is 1.22. The van der Waals surface area contributed by atoms with E-state index in [-0.39, 0.29) is 0 Å². The molecule has 5 heteroatoms. The van der Waals surface area contributed by atoms with Gasteiger partial charge >= 0.3 is 6.03 Å². The van der Waals surface area contributed by atoms with Gasteiger partial charge in [-0.15, -0.1) is 0 Å². The van der Waals surface area contributed by atoms with Gasteiger partial charge in [0.15, 0.2) is 0 Å². The van der Waals surface area contributed by atoms with Gasteiger partial charge in [0.1, 0.15) is 6.54 Å². The van der Waals surface area contributed by atoms with Crippen LogP contribution in [-0.4, -0.2) is 23.6 Å². The van der Waals surface area contributed by atoms with Crippen molar-refractivity contribution in [3.8, 4) is 0 Å². The van der Waals surface area contributed by atoms with Crippen molar-refractivity contribution in [2.75, 3.05) is 0 Å². The molecular formula is C8H6N2O3. The monoisotopic (exact) mass is 178 g/mol. The zero-order valence-corrected chi connectivity index (χ0v) is 6.53. The number of carbonyl (C=O) groups excluding carboxylic acids is 3. The quantitative estimate of drug-likeness (QED) is 0.469. The molecule has 2 rings (SSSR count). The summed E-state index contributed by atoms with van der Waals surface area (Å²) in [6.07, 6.45) is 2.68. The summed E-state index contributed by atoms with van der Waals surface area (Å²) in [5.41, 5.74) is 0. The van der Waals surface area contributed by atoms with Gasteiger partial charge in [-0.3, -0.25) is 9.59 Å². The van der Waals surface area contributed by atoms with Gasteiger partial charge in [-0.05, 0) is 6.08 Å². The van der Waals surface area contributed by atoms with Crippen molar-refractivity contribution in [1.29, 1.82) is 0 Å². The second-order valence-corrected chi connectivity index (χ2v) is 2.83. The van der Waals surface area contributed by atoms with Crippen LogP contribution in [0.5, 0.6) is 0 Å². The molecule has 2 atom stereocenters. The molecule has 1 fully saturated rings. The van der Waals surface area contributed by atoms with Gasteiger partial charge in [-0.25, -0.2) is 4.79 Å². The summed E-state index contributed by atoms with van der Waals surface area (Å²) >= 11 is 0. The highest BCUT2D eigenvalue weighted by atomic mass is 16.2. The van der Waals surface area contributed by atoms with E-state index in [1.807, 2.05) is 0 Å². The van der Waals surface area contributed by atoms with Crippen LogP contribution >= 0.6 is 0 Å². The largest absolute Gasteiger partial charge is 0.331 e. The van der Waals surface area contributed by atoms with E-state index in [1.165, 1.54) is 12.2 Å². The number of nitrogens with one attached hydrogen (secondary N) is 2. The van der Waals surface area contributed by atoms with E-state index in [0.717, 1.165) is 0 Å². The molecular weight excluding hydrogens is 172 g/mol. The number of allylic oxidation sites excluding steroid dienone is 1. The first-order valence-electron chi connectivity index (χ1n) is 3.77. The zero-order chi connectivity index (χ0) is 9.42. The fourth-order valence-corrected chi connectivity index (χ4v) is 1.32. The maximum absolute atomic E-state index is 11.2. The van der Waals surface area contributed by atoms with Crippen LogP contribution in [0.3, 0.4) is 0 Å². The third-order valence-electron chi connectivity index (χ3n) is 1.98. The summed E-state index contributed by atoms with van der Waals surface area (Å²) in [5, 5.41) is 4.72. The Hall–Kier alpha value is -1.65. The van der Waals surface area contributed by atoms with Crippen molar-refractivity contribution < 1.29 is 14.4 Å². The van der Waals surface area contributed by atoms with Crippen LogP contribution < -0.4 is 10.6 Å². The van der Waals surface area contributed by atoms with Crippen molar-refractivity contribution in [3.05, 3.63) is 18.7 Å². The van der Waals surface area contributed by atoms with Crippen molar-refractivity contribution >= 4 is 17.6 Å². The molecule has 2 amide bonds.